The van der Waals surface area contributed by atoms with Crippen LogP contribution in [0.1, 0.15) is 12.1 Å². The van der Waals surface area contributed by atoms with Crippen LogP contribution in [0.25, 0.3) is 0 Å². The number of primary amides is 1. The van der Waals surface area contributed by atoms with Crippen molar-refractivity contribution >= 4 is 11.7 Å². The van der Waals surface area contributed by atoms with E-state index in [1.807, 2.05) is 18.2 Å². The number of benzene rings is 1. The highest BCUT2D eigenvalue weighted by Crippen LogP contribution is 2.28. The van der Waals surface area contributed by atoms with Gasteiger partial charge < -0.3 is 20.4 Å². The van der Waals surface area contributed by atoms with Crippen LogP contribution >= 0.6 is 0 Å². The summed E-state index contributed by atoms with van der Waals surface area (Å²) in [7, 11) is 1.70. The Balaban J connectivity index is 1.46. The summed E-state index contributed by atoms with van der Waals surface area (Å²) in [5, 5.41) is 0. The fourth-order valence-electron chi connectivity index (χ4n) is 3.33. The summed E-state index contributed by atoms with van der Waals surface area (Å²) in [5.74, 6) is 0.906. The average Bonchev–Trinajstić information content (AvgIpc) is 3.03. The lowest BCUT2D eigenvalue weighted by molar-refractivity contribution is 0.249. The molecule has 1 amide bonds. The van der Waals surface area contributed by atoms with Crippen LogP contribution in [0.3, 0.4) is 0 Å². The number of amides is 1. The minimum atomic E-state index is -0.759. The van der Waals surface area contributed by atoms with Gasteiger partial charge in [-0.05, 0) is 31.5 Å². The van der Waals surface area contributed by atoms with E-state index >= 15 is 0 Å². The average molecular weight is 359 g/mol. The Morgan fingerprint density at radius 1 is 1.23 bits per heavy atom. The summed E-state index contributed by atoms with van der Waals surface area (Å²) in [4.78, 5) is 30.1. The van der Waals surface area contributed by atoms with Crippen molar-refractivity contribution in [2.75, 3.05) is 44.7 Å². The van der Waals surface area contributed by atoms with E-state index in [2.05, 4.69) is 20.9 Å². The zero-order chi connectivity index (χ0) is 18.5. The Morgan fingerprint density at radius 2 is 1.96 bits per heavy atom. The van der Waals surface area contributed by atoms with Gasteiger partial charge in [-0.2, -0.15) is 0 Å². The predicted octanol–water partition coefficient (Wildman–Crippen LogP) is 0.867. The number of imidazole rings is 1. The van der Waals surface area contributed by atoms with Gasteiger partial charge in [0.1, 0.15) is 5.75 Å². The number of rotatable bonds is 6. The maximum absolute atomic E-state index is 11.5. The minimum Gasteiger partial charge on any atom is -0.495 e. The van der Waals surface area contributed by atoms with E-state index in [0.29, 0.717) is 6.42 Å². The first-order chi connectivity index (χ1) is 12.6. The Labute approximate surface area is 152 Å². The maximum Gasteiger partial charge on any atom is 0.333 e. The van der Waals surface area contributed by atoms with Gasteiger partial charge in [0.25, 0.3) is 0 Å². The van der Waals surface area contributed by atoms with Crippen molar-refractivity contribution in [3.63, 3.8) is 0 Å². The lowest BCUT2D eigenvalue weighted by Gasteiger charge is -2.36. The van der Waals surface area contributed by atoms with Gasteiger partial charge in [0.05, 0.1) is 12.8 Å². The highest BCUT2D eigenvalue weighted by Gasteiger charge is 2.19. The number of nitrogens with two attached hydrogens (primary N) is 1. The molecule has 3 rings (SSSR count). The van der Waals surface area contributed by atoms with Crippen molar-refractivity contribution in [1.29, 1.82) is 0 Å². The van der Waals surface area contributed by atoms with Gasteiger partial charge in [-0.15, -0.1) is 0 Å². The molecule has 1 aliphatic heterocycles. The molecule has 8 nitrogen and oxygen atoms in total. The van der Waals surface area contributed by atoms with Crippen LogP contribution in [-0.4, -0.2) is 60.3 Å². The molecule has 0 aliphatic carbocycles. The van der Waals surface area contributed by atoms with Crippen LogP contribution in [0.4, 0.5) is 10.5 Å². The van der Waals surface area contributed by atoms with E-state index in [1.165, 1.54) is 6.20 Å². The van der Waals surface area contributed by atoms with Gasteiger partial charge in [-0.3, -0.25) is 4.90 Å². The van der Waals surface area contributed by atoms with Crippen molar-refractivity contribution in [2.24, 2.45) is 5.73 Å². The van der Waals surface area contributed by atoms with Crippen molar-refractivity contribution < 1.29 is 9.53 Å². The summed E-state index contributed by atoms with van der Waals surface area (Å²) in [5.41, 5.74) is 6.54. The lowest BCUT2D eigenvalue weighted by Crippen LogP contribution is -2.46. The SMILES string of the molecule is COc1ccccc1N1CCN(CCCc2cn(C(N)=O)c(=O)[nH]2)CC1. The smallest absolute Gasteiger partial charge is 0.333 e. The summed E-state index contributed by atoms with van der Waals surface area (Å²) in [6, 6.07) is 7.33. The summed E-state index contributed by atoms with van der Waals surface area (Å²) in [6.45, 7) is 4.82. The second-order valence-corrected chi connectivity index (χ2v) is 6.40. The number of methoxy groups -OCH3 is 1. The number of piperazine rings is 1. The largest absolute Gasteiger partial charge is 0.495 e. The first kappa shape index (κ1) is 18.1. The third-order valence-electron chi connectivity index (χ3n) is 4.73. The molecule has 140 valence electrons. The number of H-pyrrole nitrogens is 1. The molecule has 1 aromatic carbocycles. The molecular weight excluding hydrogens is 334 g/mol. The molecule has 26 heavy (non-hydrogen) atoms. The Hall–Kier alpha value is -2.74. The summed E-state index contributed by atoms with van der Waals surface area (Å²) >= 11 is 0. The van der Waals surface area contributed by atoms with Crippen LogP contribution in [0.15, 0.2) is 35.3 Å². The standard InChI is InChI=1S/C18H25N5O3/c1-26-16-7-3-2-6-15(16)22-11-9-21(10-12-22)8-4-5-14-13-23(17(19)24)18(25)20-14/h2-3,6-7,13H,4-5,8-12H2,1H3,(H2,19,24)(H,20,25). The highest BCUT2D eigenvalue weighted by molar-refractivity contribution is 5.74. The topological polar surface area (TPSA) is 96.6 Å². The van der Waals surface area contributed by atoms with E-state index in [0.717, 1.165) is 60.8 Å². The molecule has 1 fully saturated rings. The number of ether oxygens (including phenoxy) is 1. The van der Waals surface area contributed by atoms with E-state index < -0.39 is 11.7 Å². The number of aryl methyl sites for hydroxylation is 1. The van der Waals surface area contributed by atoms with Crippen LogP contribution in [-0.2, 0) is 6.42 Å². The normalized spacial score (nSPS) is 15.2. The van der Waals surface area contributed by atoms with Crippen LogP contribution < -0.4 is 21.1 Å². The molecule has 0 atom stereocenters. The number of hydrogen-bond donors (Lipinski definition) is 2. The van der Waals surface area contributed by atoms with Crippen LogP contribution in [0, 0.1) is 0 Å². The molecule has 2 heterocycles. The number of carbonyl (C=O) groups excluding carboxylic acids is 1. The van der Waals surface area contributed by atoms with Gasteiger partial charge >= 0.3 is 11.7 Å². The fourth-order valence-corrected chi connectivity index (χ4v) is 3.33. The second-order valence-electron chi connectivity index (χ2n) is 6.40. The third-order valence-corrected chi connectivity index (χ3v) is 4.73. The third kappa shape index (κ3) is 4.08. The Kier molecular flexibility index (Phi) is 5.62. The van der Waals surface area contributed by atoms with Crippen molar-refractivity contribution in [1.82, 2.24) is 14.5 Å². The number of aromatic nitrogens is 2. The molecule has 0 unspecified atom stereocenters. The Morgan fingerprint density at radius 3 is 2.62 bits per heavy atom. The molecule has 0 radical (unpaired) electrons. The zero-order valence-corrected chi connectivity index (χ0v) is 15.0. The molecule has 0 spiro atoms. The summed E-state index contributed by atoms with van der Waals surface area (Å²) < 4.78 is 6.35. The van der Waals surface area contributed by atoms with Gasteiger partial charge in [-0.1, -0.05) is 12.1 Å². The lowest BCUT2D eigenvalue weighted by atomic mass is 10.2. The van der Waals surface area contributed by atoms with E-state index in [1.54, 1.807) is 7.11 Å². The quantitative estimate of drug-likeness (QED) is 0.798. The van der Waals surface area contributed by atoms with E-state index in [4.69, 9.17) is 10.5 Å². The second kappa shape index (κ2) is 8.09. The Bertz CT molecular complexity index is 805. The molecular formula is C18H25N5O3. The van der Waals surface area contributed by atoms with E-state index in [-0.39, 0.29) is 0 Å². The molecule has 8 heteroatoms. The van der Waals surface area contributed by atoms with Gasteiger partial charge in [0.15, 0.2) is 0 Å². The number of carbonyl (C=O) groups is 1. The molecule has 3 N–H and O–H groups in total. The van der Waals surface area contributed by atoms with Crippen molar-refractivity contribution in [3.8, 4) is 5.75 Å². The number of para-hydroxylation sites is 2. The number of anilines is 1. The van der Waals surface area contributed by atoms with Gasteiger partial charge in [0.2, 0.25) is 0 Å². The van der Waals surface area contributed by atoms with Crippen LogP contribution in [0.5, 0.6) is 5.75 Å². The molecule has 1 saturated heterocycles. The molecule has 2 aromatic rings. The molecule has 1 aliphatic rings. The van der Waals surface area contributed by atoms with Crippen LogP contribution in [0.2, 0.25) is 0 Å². The fraction of sp³-hybridized carbons (Fsp3) is 0.444. The van der Waals surface area contributed by atoms with Gasteiger partial charge in [0, 0.05) is 38.1 Å². The van der Waals surface area contributed by atoms with E-state index in [9.17, 15) is 9.59 Å². The highest BCUT2D eigenvalue weighted by atomic mass is 16.5. The first-order valence-corrected chi connectivity index (χ1v) is 8.79. The number of nitrogens with zero attached hydrogens (tertiary/aromatic N) is 3. The maximum atomic E-state index is 11.5. The summed E-state index contributed by atoms with van der Waals surface area (Å²) in [6.07, 6.45) is 3.11. The number of nitrogens with one attached hydrogen (secondary N) is 1. The van der Waals surface area contributed by atoms with Crippen molar-refractivity contribution in [3.05, 3.63) is 46.6 Å². The monoisotopic (exact) mass is 359 g/mol. The molecule has 0 saturated carbocycles. The van der Waals surface area contributed by atoms with Gasteiger partial charge in [-0.25, -0.2) is 14.2 Å². The first-order valence-electron chi connectivity index (χ1n) is 8.79. The number of aromatic amines is 1. The molecule has 1 aromatic heterocycles. The number of hydrogen-bond acceptors (Lipinski definition) is 5. The van der Waals surface area contributed by atoms with Crippen molar-refractivity contribution in [2.45, 2.75) is 12.8 Å². The zero-order valence-electron chi connectivity index (χ0n) is 15.0. The predicted molar refractivity (Wildman–Crippen MR) is 100 cm³/mol. The molecule has 0 bridgehead atoms. The minimum absolute atomic E-state index is 0.474.